The second kappa shape index (κ2) is 10.4. The molecule has 2 aromatic rings. The number of carbonyl (C=O) groups is 3. The number of amides is 2. The zero-order chi connectivity index (χ0) is 21.4. The SMILES string of the molecule is COc1ccc(NC(C)=O)cc1NC(=O)COC(=O)CSc1nc(C)cc(C)n1. The van der Waals surface area contributed by atoms with E-state index >= 15 is 0 Å². The van der Waals surface area contributed by atoms with Crippen molar-refractivity contribution >= 4 is 40.9 Å². The molecule has 1 heterocycles. The number of nitrogens with zero attached hydrogens (tertiary/aromatic N) is 2. The van der Waals surface area contributed by atoms with E-state index in [9.17, 15) is 14.4 Å². The van der Waals surface area contributed by atoms with E-state index in [2.05, 4.69) is 20.6 Å². The summed E-state index contributed by atoms with van der Waals surface area (Å²) in [7, 11) is 1.45. The number of anilines is 2. The average Bonchev–Trinajstić information content (AvgIpc) is 2.64. The van der Waals surface area contributed by atoms with E-state index in [4.69, 9.17) is 9.47 Å². The van der Waals surface area contributed by atoms with Crippen molar-refractivity contribution in [2.75, 3.05) is 30.1 Å². The normalized spacial score (nSPS) is 10.2. The van der Waals surface area contributed by atoms with Crippen LogP contribution in [0.15, 0.2) is 29.4 Å². The van der Waals surface area contributed by atoms with Crippen molar-refractivity contribution in [3.8, 4) is 5.75 Å². The van der Waals surface area contributed by atoms with Crippen molar-refractivity contribution in [2.45, 2.75) is 25.9 Å². The summed E-state index contributed by atoms with van der Waals surface area (Å²) in [6, 6.07) is 6.63. The van der Waals surface area contributed by atoms with Crippen LogP contribution in [0, 0.1) is 13.8 Å². The van der Waals surface area contributed by atoms with E-state index in [-0.39, 0.29) is 11.7 Å². The van der Waals surface area contributed by atoms with Gasteiger partial charge in [0.1, 0.15) is 5.75 Å². The number of benzene rings is 1. The largest absolute Gasteiger partial charge is 0.495 e. The van der Waals surface area contributed by atoms with Crippen LogP contribution in [0.5, 0.6) is 5.75 Å². The van der Waals surface area contributed by atoms with Gasteiger partial charge in [-0.2, -0.15) is 0 Å². The Morgan fingerprint density at radius 1 is 1.07 bits per heavy atom. The summed E-state index contributed by atoms with van der Waals surface area (Å²) in [5, 5.41) is 5.68. The molecule has 0 saturated carbocycles. The monoisotopic (exact) mass is 418 g/mol. The summed E-state index contributed by atoms with van der Waals surface area (Å²) in [6.45, 7) is 4.61. The van der Waals surface area contributed by atoms with Crippen LogP contribution in [0.3, 0.4) is 0 Å². The quantitative estimate of drug-likeness (QED) is 0.381. The van der Waals surface area contributed by atoms with Crippen LogP contribution in [0.1, 0.15) is 18.3 Å². The number of esters is 1. The van der Waals surface area contributed by atoms with Crippen molar-refractivity contribution in [3.05, 3.63) is 35.7 Å². The number of aryl methyl sites for hydroxylation is 2. The first kappa shape index (κ1) is 22.2. The van der Waals surface area contributed by atoms with Gasteiger partial charge in [-0.05, 0) is 38.1 Å². The third kappa shape index (κ3) is 7.41. The van der Waals surface area contributed by atoms with Crippen LogP contribution in [0.25, 0.3) is 0 Å². The lowest BCUT2D eigenvalue weighted by molar-refractivity contribution is -0.144. The van der Waals surface area contributed by atoms with E-state index in [0.717, 1.165) is 23.1 Å². The molecule has 0 fully saturated rings. The Morgan fingerprint density at radius 3 is 2.38 bits per heavy atom. The Bertz CT molecular complexity index is 899. The van der Waals surface area contributed by atoms with Gasteiger partial charge in [0.25, 0.3) is 5.91 Å². The predicted octanol–water partition coefficient (Wildman–Crippen LogP) is 2.33. The maximum Gasteiger partial charge on any atom is 0.316 e. The van der Waals surface area contributed by atoms with Crippen LogP contribution >= 0.6 is 11.8 Å². The molecular formula is C19H22N4O5S. The third-order valence-electron chi connectivity index (χ3n) is 3.44. The van der Waals surface area contributed by atoms with E-state index in [1.54, 1.807) is 18.2 Å². The minimum atomic E-state index is -0.563. The van der Waals surface area contributed by atoms with E-state index in [1.165, 1.54) is 14.0 Å². The van der Waals surface area contributed by atoms with Gasteiger partial charge in [-0.25, -0.2) is 9.97 Å². The average molecular weight is 418 g/mol. The van der Waals surface area contributed by atoms with Crippen molar-refractivity contribution in [2.24, 2.45) is 0 Å². The van der Waals surface area contributed by atoms with Gasteiger partial charge < -0.3 is 20.1 Å². The molecule has 0 aliphatic rings. The Kier molecular flexibility index (Phi) is 7.96. The number of carbonyl (C=O) groups excluding carboxylic acids is 3. The number of aromatic nitrogens is 2. The highest BCUT2D eigenvalue weighted by molar-refractivity contribution is 7.99. The minimum Gasteiger partial charge on any atom is -0.495 e. The molecule has 2 N–H and O–H groups in total. The molecule has 1 aromatic heterocycles. The molecule has 0 atom stereocenters. The van der Waals surface area contributed by atoms with Crippen molar-refractivity contribution in [3.63, 3.8) is 0 Å². The molecular weight excluding hydrogens is 396 g/mol. The molecule has 1 aromatic carbocycles. The minimum absolute atomic E-state index is 0.0164. The molecule has 10 heteroatoms. The first-order valence-corrected chi connectivity index (χ1v) is 9.61. The van der Waals surface area contributed by atoms with Crippen LogP contribution < -0.4 is 15.4 Å². The molecule has 154 valence electrons. The first-order chi connectivity index (χ1) is 13.8. The van der Waals surface area contributed by atoms with Gasteiger partial charge in [-0.1, -0.05) is 11.8 Å². The highest BCUT2D eigenvalue weighted by Gasteiger charge is 2.13. The fourth-order valence-corrected chi connectivity index (χ4v) is 3.09. The second-order valence-corrected chi connectivity index (χ2v) is 6.97. The zero-order valence-corrected chi connectivity index (χ0v) is 17.4. The Labute approximate surface area is 172 Å². The number of ether oxygens (including phenoxy) is 2. The molecule has 0 saturated heterocycles. The molecule has 2 rings (SSSR count). The molecule has 0 bridgehead atoms. The summed E-state index contributed by atoms with van der Waals surface area (Å²) >= 11 is 1.14. The van der Waals surface area contributed by atoms with E-state index < -0.39 is 18.5 Å². The van der Waals surface area contributed by atoms with Crippen molar-refractivity contribution in [1.29, 1.82) is 0 Å². The van der Waals surface area contributed by atoms with Crippen molar-refractivity contribution < 1.29 is 23.9 Å². The van der Waals surface area contributed by atoms with Crippen LogP contribution in [-0.4, -0.2) is 47.2 Å². The molecule has 0 aliphatic heterocycles. The molecule has 0 spiro atoms. The van der Waals surface area contributed by atoms with Gasteiger partial charge in [0.15, 0.2) is 11.8 Å². The van der Waals surface area contributed by atoms with Gasteiger partial charge in [0.05, 0.1) is 18.6 Å². The number of methoxy groups -OCH3 is 1. The molecule has 0 aliphatic carbocycles. The predicted molar refractivity (Wildman–Crippen MR) is 109 cm³/mol. The summed E-state index contributed by atoms with van der Waals surface area (Å²) in [5.74, 6) is -0.957. The first-order valence-electron chi connectivity index (χ1n) is 8.63. The number of hydrogen-bond donors (Lipinski definition) is 2. The van der Waals surface area contributed by atoms with Crippen LogP contribution in [0.4, 0.5) is 11.4 Å². The maximum absolute atomic E-state index is 12.1. The summed E-state index contributed by atoms with van der Waals surface area (Å²) < 4.78 is 10.2. The summed E-state index contributed by atoms with van der Waals surface area (Å²) in [5.41, 5.74) is 2.46. The second-order valence-electron chi connectivity index (χ2n) is 6.03. The van der Waals surface area contributed by atoms with Gasteiger partial charge in [0.2, 0.25) is 5.91 Å². The number of rotatable bonds is 8. The van der Waals surface area contributed by atoms with Crippen molar-refractivity contribution in [1.82, 2.24) is 9.97 Å². The van der Waals surface area contributed by atoms with E-state index in [1.807, 2.05) is 19.9 Å². The summed E-state index contributed by atoms with van der Waals surface area (Å²) in [6.07, 6.45) is 0. The Hall–Kier alpha value is -3.14. The Morgan fingerprint density at radius 2 is 1.76 bits per heavy atom. The number of thioether (sulfide) groups is 1. The lowest BCUT2D eigenvalue weighted by Gasteiger charge is -2.12. The van der Waals surface area contributed by atoms with Crippen LogP contribution in [0.2, 0.25) is 0 Å². The topological polar surface area (TPSA) is 120 Å². The van der Waals surface area contributed by atoms with Gasteiger partial charge in [-0.15, -0.1) is 0 Å². The molecule has 9 nitrogen and oxygen atoms in total. The lowest BCUT2D eigenvalue weighted by Crippen LogP contribution is -2.22. The smallest absolute Gasteiger partial charge is 0.316 e. The van der Waals surface area contributed by atoms with Gasteiger partial charge >= 0.3 is 5.97 Å². The zero-order valence-electron chi connectivity index (χ0n) is 16.6. The van der Waals surface area contributed by atoms with Crippen LogP contribution in [-0.2, 0) is 19.1 Å². The third-order valence-corrected chi connectivity index (χ3v) is 4.26. The molecule has 2 amide bonds. The maximum atomic E-state index is 12.1. The fraction of sp³-hybridized carbons (Fsp3) is 0.316. The van der Waals surface area contributed by atoms with E-state index in [0.29, 0.717) is 22.3 Å². The number of hydrogen-bond acceptors (Lipinski definition) is 8. The standard InChI is InChI=1S/C19H22N4O5S/c1-11-7-12(2)21-19(20-11)29-10-18(26)28-9-17(25)23-15-8-14(22-13(3)24)5-6-16(15)27-4/h5-8H,9-10H2,1-4H3,(H,22,24)(H,23,25). The molecule has 0 unspecified atom stereocenters. The lowest BCUT2D eigenvalue weighted by atomic mass is 10.2. The fourth-order valence-electron chi connectivity index (χ4n) is 2.34. The molecule has 0 radical (unpaired) electrons. The molecule has 29 heavy (non-hydrogen) atoms. The highest BCUT2D eigenvalue weighted by atomic mass is 32.2. The highest BCUT2D eigenvalue weighted by Crippen LogP contribution is 2.27. The van der Waals surface area contributed by atoms with Gasteiger partial charge in [-0.3, -0.25) is 14.4 Å². The summed E-state index contributed by atoms with van der Waals surface area (Å²) in [4.78, 5) is 43.6. The van der Waals surface area contributed by atoms with Gasteiger partial charge in [0, 0.05) is 24.0 Å². The Balaban J connectivity index is 1.87. The number of nitrogens with one attached hydrogen (secondary N) is 2.